The van der Waals surface area contributed by atoms with E-state index in [4.69, 9.17) is 0 Å². The summed E-state index contributed by atoms with van der Waals surface area (Å²) in [6, 6.07) is 1.92. The van der Waals surface area contributed by atoms with Crippen molar-refractivity contribution in [2.45, 2.75) is 26.3 Å². The van der Waals surface area contributed by atoms with Gasteiger partial charge in [-0.15, -0.1) is 0 Å². The number of rotatable bonds is 6. The molecule has 0 bridgehead atoms. The van der Waals surface area contributed by atoms with Crippen LogP contribution in [0.3, 0.4) is 0 Å². The van der Waals surface area contributed by atoms with Crippen molar-refractivity contribution in [2.24, 2.45) is 0 Å². The summed E-state index contributed by atoms with van der Waals surface area (Å²) in [5, 5.41) is 4.20. The third-order valence-corrected chi connectivity index (χ3v) is 5.15. The predicted molar refractivity (Wildman–Crippen MR) is 108 cm³/mol. The van der Waals surface area contributed by atoms with Crippen molar-refractivity contribution in [3.63, 3.8) is 0 Å². The van der Waals surface area contributed by atoms with Crippen molar-refractivity contribution in [3.05, 3.63) is 65.1 Å². The van der Waals surface area contributed by atoms with E-state index in [1.165, 1.54) is 4.68 Å². The maximum atomic E-state index is 13.4. The van der Waals surface area contributed by atoms with Gasteiger partial charge in [0.15, 0.2) is 23.3 Å². The van der Waals surface area contributed by atoms with Crippen molar-refractivity contribution in [1.82, 2.24) is 19.7 Å². The Morgan fingerprint density at radius 1 is 1.06 bits per heavy atom. The molecule has 1 aliphatic heterocycles. The fourth-order valence-corrected chi connectivity index (χ4v) is 3.60. The van der Waals surface area contributed by atoms with Crippen LogP contribution in [-0.4, -0.2) is 45.8 Å². The zero-order valence-corrected chi connectivity index (χ0v) is 17.1. The fourth-order valence-electron chi connectivity index (χ4n) is 3.60. The van der Waals surface area contributed by atoms with Crippen LogP contribution < -0.4 is 9.80 Å². The Morgan fingerprint density at radius 2 is 1.81 bits per heavy atom. The number of halogens is 3. The molecule has 2 aromatic heterocycles. The highest BCUT2D eigenvalue weighted by Crippen LogP contribution is 2.30. The van der Waals surface area contributed by atoms with Crippen molar-refractivity contribution in [3.8, 4) is 0 Å². The van der Waals surface area contributed by atoms with E-state index in [2.05, 4.69) is 15.1 Å². The first-order valence-corrected chi connectivity index (χ1v) is 9.88. The van der Waals surface area contributed by atoms with Gasteiger partial charge in [-0.05, 0) is 36.6 Å². The number of aromatic nitrogens is 4. The average molecular weight is 430 g/mol. The van der Waals surface area contributed by atoms with Crippen molar-refractivity contribution >= 4 is 17.4 Å². The number of benzene rings is 1. The molecule has 3 heterocycles. The molecule has 0 spiro atoms. The molecule has 0 N–H and O–H groups in total. The van der Waals surface area contributed by atoms with E-state index in [1.807, 2.05) is 18.9 Å². The van der Waals surface area contributed by atoms with Crippen LogP contribution in [0.15, 0.2) is 30.7 Å². The van der Waals surface area contributed by atoms with E-state index < -0.39 is 17.5 Å². The molecule has 162 valence electrons. The maximum Gasteiger partial charge on any atom is 0.246 e. The van der Waals surface area contributed by atoms with Crippen molar-refractivity contribution in [1.29, 1.82) is 0 Å². The molecule has 1 amide bonds. The molecule has 1 aliphatic rings. The molecule has 0 atom stereocenters. The molecule has 0 radical (unpaired) electrons. The quantitative estimate of drug-likeness (QED) is 0.563. The summed E-state index contributed by atoms with van der Waals surface area (Å²) in [7, 11) is 1.83. The first-order chi connectivity index (χ1) is 14.9. The molecule has 0 saturated heterocycles. The summed E-state index contributed by atoms with van der Waals surface area (Å²) >= 11 is 0. The lowest BCUT2D eigenvalue weighted by Crippen LogP contribution is -2.44. The number of carbonyl (C=O) groups excluding carboxylic acids is 1. The Bertz CT molecular complexity index is 1110. The smallest absolute Gasteiger partial charge is 0.246 e. The molecule has 3 aromatic rings. The number of nitrogens with zero attached hydrogens (tertiary/aromatic N) is 6. The van der Waals surface area contributed by atoms with Crippen molar-refractivity contribution in [2.75, 3.05) is 29.9 Å². The molecule has 0 unspecified atom stereocenters. The van der Waals surface area contributed by atoms with Gasteiger partial charge in [0.05, 0.1) is 25.5 Å². The van der Waals surface area contributed by atoms with Crippen LogP contribution in [-0.2, 0) is 24.2 Å². The SMILES string of the molecule is CCN1C(=O)CN(C)c2nc(CCc3cnn(Cc4cc(F)c(F)c(F)c4)c3)ncc21. The van der Waals surface area contributed by atoms with Crippen LogP contribution in [0.1, 0.15) is 23.9 Å². The highest BCUT2D eigenvalue weighted by atomic mass is 19.2. The molecular weight excluding hydrogens is 409 g/mol. The van der Waals surface area contributed by atoms with Crippen LogP contribution in [0.4, 0.5) is 24.7 Å². The van der Waals surface area contributed by atoms with Gasteiger partial charge in [0.1, 0.15) is 11.5 Å². The molecule has 0 aliphatic carbocycles. The Morgan fingerprint density at radius 3 is 2.52 bits per heavy atom. The number of amides is 1. The van der Waals surface area contributed by atoms with E-state index >= 15 is 0 Å². The zero-order chi connectivity index (χ0) is 22.1. The number of hydrogen-bond acceptors (Lipinski definition) is 5. The van der Waals surface area contributed by atoms with Gasteiger partial charge >= 0.3 is 0 Å². The largest absolute Gasteiger partial charge is 0.349 e. The first kappa shape index (κ1) is 20.8. The number of fused-ring (bicyclic) bond motifs is 1. The molecule has 0 saturated carbocycles. The minimum absolute atomic E-state index is 0.0159. The topological polar surface area (TPSA) is 67.2 Å². The molecule has 4 rings (SSSR count). The van der Waals surface area contributed by atoms with Gasteiger partial charge in [0, 0.05) is 26.2 Å². The number of aryl methyl sites for hydroxylation is 2. The predicted octanol–water partition coefficient (Wildman–Crippen LogP) is 2.73. The van der Waals surface area contributed by atoms with E-state index in [0.29, 0.717) is 30.9 Å². The van der Waals surface area contributed by atoms with Gasteiger partial charge in [-0.1, -0.05) is 0 Å². The monoisotopic (exact) mass is 430 g/mol. The lowest BCUT2D eigenvalue weighted by atomic mass is 10.2. The summed E-state index contributed by atoms with van der Waals surface area (Å²) in [6.07, 6.45) is 6.28. The second-order valence-electron chi connectivity index (χ2n) is 7.41. The van der Waals surface area contributed by atoms with Gasteiger partial charge in [-0.2, -0.15) is 5.10 Å². The number of anilines is 2. The highest BCUT2D eigenvalue weighted by Gasteiger charge is 2.28. The Balaban J connectivity index is 1.43. The van der Waals surface area contributed by atoms with Crippen LogP contribution >= 0.6 is 0 Å². The van der Waals surface area contributed by atoms with Crippen LogP contribution in [0.2, 0.25) is 0 Å². The van der Waals surface area contributed by atoms with E-state index in [9.17, 15) is 18.0 Å². The Labute approximate surface area is 177 Å². The first-order valence-electron chi connectivity index (χ1n) is 9.88. The second kappa shape index (κ2) is 8.37. The van der Waals surface area contributed by atoms with E-state index in [0.717, 1.165) is 23.5 Å². The van der Waals surface area contributed by atoms with Crippen molar-refractivity contribution < 1.29 is 18.0 Å². The standard InChI is InChI=1S/C21H21F3N6O/c1-3-30-17-9-25-18(27-21(17)28(2)12-19(30)31)5-4-13-8-26-29(10-13)11-14-6-15(22)20(24)16(23)7-14/h6-10H,3-5,11-12H2,1-2H3. The minimum atomic E-state index is -1.48. The zero-order valence-electron chi connectivity index (χ0n) is 17.1. The van der Waals surface area contributed by atoms with Gasteiger partial charge in [-0.25, -0.2) is 23.1 Å². The highest BCUT2D eigenvalue weighted by molar-refractivity contribution is 6.01. The van der Waals surface area contributed by atoms with E-state index in [1.54, 1.807) is 23.5 Å². The Hall–Kier alpha value is -3.43. The maximum absolute atomic E-state index is 13.4. The summed E-state index contributed by atoms with van der Waals surface area (Å²) in [5.41, 5.74) is 1.89. The number of hydrogen-bond donors (Lipinski definition) is 0. The van der Waals surface area contributed by atoms with Crippen LogP contribution in [0.25, 0.3) is 0 Å². The molecule has 31 heavy (non-hydrogen) atoms. The van der Waals surface area contributed by atoms with Gasteiger partial charge in [-0.3, -0.25) is 9.48 Å². The Kier molecular flexibility index (Phi) is 5.62. The number of likely N-dealkylation sites (N-methyl/N-ethyl adjacent to an activating group) is 2. The lowest BCUT2D eigenvalue weighted by molar-refractivity contribution is -0.117. The third-order valence-electron chi connectivity index (χ3n) is 5.15. The van der Waals surface area contributed by atoms with Gasteiger partial charge < -0.3 is 9.80 Å². The molecular formula is C21H21F3N6O. The summed E-state index contributed by atoms with van der Waals surface area (Å²) in [4.78, 5) is 24.6. The summed E-state index contributed by atoms with van der Waals surface area (Å²) < 4.78 is 41.4. The normalized spacial score (nSPS) is 13.6. The molecule has 10 heteroatoms. The fraction of sp³-hybridized carbons (Fsp3) is 0.333. The average Bonchev–Trinajstić information content (AvgIpc) is 3.18. The number of carbonyl (C=O) groups is 1. The molecule has 7 nitrogen and oxygen atoms in total. The van der Waals surface area contributed by atoms with Gasteiger partial charge in [0.25, 0.3) is 0 Å². The summed E-state index contributed by atoms with van der Waals surface area (Å²) in [5.74, 6) is -2.54. The summed E-state index contributed by atoms with van der Waals surface area (Å²) in [6.45, 7) is 2.86. The van der Waals surface area contributed by atoms with E-state index in [-0.39, 0.29) is 24.6 Å². The molecule has 0 fully saturated rings. The minimum Gasteiger partial charge on any atom is -0.349 e. The van der Waals surface area contributed by atoms with Crippen LogP contribution in [0.5, 0.6) is 0 Å². The van der Waals surface area contributed by atoms with Crippen LogP contribution in [0, 0.1) is 17.5 Å². The van der Waals surface area contributed by atoms with Gasteiger partial charge in [0.2, 0.25) is 5.91 Å². The third kappa shape index (κ3) is 4.23. The molecule has 1 aromatic carbocycles. The second-order valence-corrected chi connectivity index (χ2v) is 7.41. The lowest BCUT2D eigenvalue weighted by Gasteiger charge is -2.33.